The molecule has 0 saturated heterocycles. The SMILES string of the molecule is Nc1ccc(NCc2cccc(CO)c2)nc1N. The number of rotatable bonds is 4. The van der Waals surface area contributed by atoms with Gasteiger partial charge in [0.1, 0.15) is 11.6 Å². The molecule has 18 heavy (non-hydrogen) atoms. The summed E-state index contributed by atoms with van der Waals surface area (Å²) in [5.41, 5.74) is 13.6. The predicted octanol–water partition coefficient (Wildman–Crippen LogP) is 1.35. The third-order valence-electron chi connectivity index (χ3n) is 2.61. The Morgan fingerprint density at radius 2 is 1.89 bits per heavy atom. The highest BCUT2D eigenvalue weighted by Gasteiger charge is 2.00. The summed E-state index contributed by atoms with van der Waals surface area (Å²) in [4.78, 5) is 4.12. The van der Waals surface area contributed by atoms with Crippen molar-refractivity contribution in [2.75, 3.05) is 16.8 Å². The summed E-state index contributed by atoms with van der Waals surface area (Å²) in [6.45, 7) is 0.658. The van der Waals surface area contributed by atoms with Gasteiger partial charge in [0, 0.05) is 6.54 Å². The van der Waals surface area contributed by atoms with Gasteiger partial charge >= 0.3 is 0 Å². The van der Waals surface area contributed by atoms with Crippen LogP contribution in [0.5, 0.6) is 0 Å². The first-order chi connectivity index (χ1) is 8.69. The summed E-state index contributed by atoms with van der Waals surface area (Å²) >= 11 is 0. The summed E-state index contributed by atoms with van der Waals surface area (Å²) in [6, 6.07) is 11.2. The van der Waals surface area contributed by atoms with Crippen LogP contribution in [0, 0.1) is 0 Å². The third-order valence-corrected chi connectivity index (χ3v) is 2.61. The highest BCUT2D eigenvalue weighted by molar-refractivity contribution is 5.61. The Hall–Kier alpha value is -2.27. The van der Waals surface area contributed by atoms with E-state index in [1.807, 2.05) is 24.3 Å². The monoisotopic (exact) mass is 244 g/mol. The minimum absolute atomic E-state index is 0.0426. The van der Waals surface area contributed by atoms with E-state index in [4.69, 9.17) is 16.6 Å². The Kier molecular flexibility index (Phi) is 3.64. The number of hydrogen-bond acceptors (Lipinski definition) is 5. The first-order valence-electron chi connectivity index (χ1n) is 5.63. The van der Waals surface area contributed by atoms with Crippen molar-refractivity contribution in [2.24, 2.45) is 0 Å². The number of aromatic nitrogens is 1. The zero-order valence-corrected chi connectivity index (χ0v) is 9.93. The molecule has 1 aromatic carbocycles. The fourth-order valence-corrected chi connectivity index (χ4v) is 1.61. The van der Waals surface area contributed by atoms with Crippen molar-refractivity contribution in [1.82, 2.24) is 4.98 Å². The van der Waals surface area contributed by atoms with Crippen LogP contribution < -0.4 is 16.8 Å². The molecule has 0 unspecified atom stereocenters. The molecule has 0 aliphatic rings. The Morgan fingerprint density at radius 3 is 2.61 bits per heavy atom. The van der Waals surface area contributed by atoms with E-state index in [2.05, 4.69) is 10.3 Å². The fraction of sp³-hybridized carbons (Fsp3) is 0.154. The Labute approximate surface area is 105 Å². The minimum atomic E-state index is 0.0426. The van der Waals surface area contributed by atoms with E-state index < -0.39 is 0 Å². The second-order valence-corrected chi connectivity index (χ2v) is 4.00. The smallest absolute Gasteiger partial charge is 0.149 e. The number of aliphatic hydroxyl groups is 1. The van der Waals surface area contributed by atoms with E-state index in [1.54, 1.807) is 12.1 Å². The first kappa shape index (κ1) is 12.2. The lowest BCUT2D eigenvalue weighted by Gasteiger charge is -2.08. The maximum atomic E-state index is 9.05. The van der Waals surface area contributed by atoms with Crippen LogP contribution in [0.1, 0.15) is 11.1 Å². The van der Waals surface area contributed by atoms with Gasteiger partial charge < -0.3 is 21.9 Å². The van der Waals surface area contributed by atoms with Crippen molar-refractivity contribution < 1.29 is 5.11 Å². The van der Waals surface area contributed by atoms with E-state index in [0.29, 0.717) is 23.9 Å². The van der Waals surface area contributed by atoms with Gasteiger partial charge in [-0.3, -0.25) is 0 Å². The van der Waals surface area contributed by atoms with Gasteiger partial charge in [0.15, 0.2) is 0 Å². The summed E-state index contributed by atoms with van der Waals surface area (Å²) < 4.78 is 0. The molecule has 0 amide bonds. The number of nitrogens with one attached hydrogen (secondary N) is 1. The van der Waals surface area contributed by atoms with Gasteiger partial charge in [-0.05, 0) is 23.3 Å². The summed E-state index contributed by atoms with van der Waals surface area (Å²) in [5, 5.41) is 12.2. The van der Waals surface area contributed by atoms with E-state index >= 15 is 0 Å². The number of nitrogens with zero attached hydrogens (tertiary/aromatic N) is 1. The third kappa shape index (κ3) is 2.89. The molecule has 0 atom stereocenters. The van der Waals surface area contributed by atoms with Crippen molar-refractivity contribution in [3.8, 4) is 0 Å². The predicted molar refractivity (Wildman–Crippen MR) is 72.8 cm³/mol. The van der Waals surface area contributed by atoms with Gasteiger partial charge in [0.25, 0.3) is 0 Å². The molecule has 0 aliphatic carbocycles. The van der Waals surface area contributed by atoms with Gasteiger partial charge in [0.2, 0.25) is 0 Å². The number of pyridine rings is 1. The quantitative estimate of drug-likeness (QED) is 0.651. The molecule has 0 aliphatic heterocycles. The van der Waals surface area contributed by atoms with E-state index in [-0.39, 0.29) is 6.61 Å². The number of benzene rings is 1. The van der Waals surface area contributed by atoms with Crippen molar-refractivity contribution in [3.05, 3.63) is 47.5 Å². The van der Waals surface area contributed by atoms with Gasteiger partial charge in [-0.2, -0.15) is 0 Å². The maximum absolute atomic E-state index is 9.05. The molecular formula is C13H16N4O. The summed E-state index contributed by atoms with van der Waals surface area (Å²) in [7, 11) is 0. The zero-order chi connectivity index (χ0) is 13.0. The molecule has 0 bridgehead atoms. The van der Waals surface area contributed by atoms with Crippen molar-refractivity contribution in [3.63, 3.8) is 0 Å². The molecule has 0 saturated carbocycles. The van der Waals surface area contributed by atoms with Crippen LogP contribution in [-0.2, 0) is 13.2 Å². The summed E-state index contributed by atoms with van der Waals surface area (Å²) in [5.74, 6) is 1.00. The van der Waals surface area contributed by atoms with Crippen LogP contribution in [0.4, 0.5) is 17.3 Å². The van der Waals surface area contributed by atoms with Crippen LogP contribution in [0.2, 0.25) is 0 Å². The maximum Gasteiger partial charge on any atom is 0.149 e. The van der Waals surface area contributed by atoms with Gasteiger partial charge in [-0.25, -0.2) is 4.98 Å². The molecule has 0 radical (unpaired) electrons. The van der Waals surface area contributed by atoms with Crippen LogP contribution in [0.25, 0.3) is 0 Å². The van der Waals surface area contributed by atoms with E-state index in [9.17, 15) is 0 Å². The summed E-state index contributed by atoms with van der Waals surface area (Å²) in [6.07, 6.45) is 0. The molecule has 2 aromatic rings. The van der Waals surface area contributed by atoms with Gasteiger partial charge in [-0.15, -0.1) is 0 Å². The number of hydrogen-bond donors (Lipinski definition) is 4. The van der Waals surface area contributed by atoms with E-state index in [1.165, 1.54) is 0 Å². The molecule has 2 rings (SSSR count). The van der Waals surface area contributed by atoms with Crippen LogP contribution in [0.3, 0.4) is 0 Å². The topological polar surface area (TPSA) is 97.2 Å². The average molecular weight is 244 g/mol. The molecule has 1 aromatic heterocycles. The average Bonchev–Trinajstić information content (AvgIpc) is 2.40. The fourth-order valence-electron chi connectivity index (χ4n) is 1.61. The molecule has 5 nitrogen and oxygen atoms in total. The van der Waals surface area contributed by atoms with E-state index in [0.717, 1.165) is 11.1 Å². The first-order valence-corrected chi connectivity index (χ1v) is 5.63. The number of anilines is 3. The lowest BCUT2D eigenvalue weighted by atomic mass is 10.1. The molecule has 0 fully saturated rings. The molecular weight excluding hydrogens is 228 g/mol. The van der Waals surface area contributed by atoms with Gasteiger partial charge in [-0.1, -0.05) is 24.3 Å². The van der Waals surface area contributed by atoms with Crippen molar-refractivity contribution >= 4 is 17.3 Å². The standard InChI is InChI=1S/C13H16N4O/c14-11-4-5-12(17-13(11)15)16-7-9-2-1-3-10(6-9)8-18/h1-6,18H,7-8,14H2,(H3,15,16,17). The van der Waals surface area contributed by atoms with Crippen LogP contribution in [-0.4, -0.2) is 10.1 Å². The van der Waals surface area contributed by atoms with Crippen LogP contribution >= 0.6 is 0 Å². The zero-order valence-electron chi connectivity index (χ0n) is 9.93. The normalized spacial score (nSPS) is 10.3. The largest absolute Gasteiger partial charge is 0.396 e. The Bertz CT molecular complexity index is 542. The second kappa shape index (κ2) is 5.37. The lowest BCUT2D eigenvalue weighted by molar-refractivity contribution is 0.281. The second-order valence-electron chi connectivity index (χ2n) is 4.00. The molecule has 1 heterocycles. The molecule has 5 heteroatoms. The molecule has 94 valence electrons. The molecule has 0 spiro atoms. The number of nitrogens with two attached hydrogens (primary N) is 2. The Morgan fingerprint density at radius 1 is 1.11 bits per heavy atom. The minimum Gasteiger partial charge on any atom is -0.396 e. The highest BCUT2D eigenvalue weighted by atomic mass is 16.3. The molecule has 6 N–H and O–H groups in total. The van der Waals surface area contributed by atoms with Crippen molar-refractivity contribution in [2.45, 2.75) is 13.2 Å². The van der Waals surface area contributed by atoms with Crippen molar-refractivity contribution in [1.29, 1.82) is 0 Å². The number of aliphatic hydroxyl groups excluding tert-OH is 1. The van der Waals surface area contributed by atoms with Crippen LogP contribution in [0.15, 0.2) is 36.4 Å². The number of nitrogen functional groups attached to an aromatic ring is 2. The van der Waals surface area contributed by atoms with Gasteiger partial charge in [0.05, 0.1) is 12.3 Å². The lowest BCUT2D eigenvalue weighted by Crippen LogP contribution is -2.05. The highest BCUT2D eigenvalue weighted by Crippen LogP contribution is 2.15. The Balaban J connectivity index is 2.04.